The average molecular weight is 690 g/mol. The lowest BCUT2D eigenvalue weighted by Crippen LogP contribution is -2.76. The van der Waals surface area contributed by atoms with Crippen LogP contribution in [0.15, 0.2) is 75.7 Å². The van der Waals surface area contributed by atoms with Gasteiger partial charge in [0.05, 0.1) is 11.6 Å². The minimum Gasteiger partial charge on any atom is -0.456 e. The van der Waals surface area contributed by atoms with Crippen molar-refractivity contribution in [3.05, 3.63) is 93.4 Å². The third kappa shape index (κ3) is 8.24. The first-order chi connectivity index (χ1) is 24.6. The van der Waals surface area contributed by atoms with Crippen molar-refractivity contribution in [2.24, 2.45) is 0 Å². The molecule has 2 aliphatic carbocycles. The Hall–Kier alpha value is -4.78. The summed E-state index contributed by atoms with van der Waals surface area (Å²) in [5.74, 6) is -0.289. The van der Waals surface area contributed by atoms with Gasteiger partial charge < -0.3 is 14.5 Å². The molecular formula is C44H53N2O5+. The first-order valence-electron chi connectivity index (χ1n) is 18.7. The fraction of sp³-hybridized carbons (Fsp3) is 0.409. The Kier molecular flexibility index (Phi) is 12.5. The van der Waals surface area contributed by atoms with Crippen molar-refractivity contribution < 1.29 is 28.5 Å². The summed E-state index contributed by atoms with van der Waals surface area (Å²) in [5.41, 5.74) is 7.74. The number of hydrogen-bond acceptors (Lipinski definition) is 6. The summed E-state index contributed by atoms with van der Waals surface area (Å²) >= 11 is 0. The van der Waals surface area contributed by atoms with Crippen LogP contribution in [0.5, 0.6) is 0 Å². The highest BCUT2D eigenvalue weighted by molar-refractivity contribution is 6.22. The van der Waals surface area contributed by atoms with Gasteiger partial charge in [0.15, 0.2) is 11.6 Å². The van der Waals surface area contributed by atoms with Gasteiger partial charge in [-0.2, -0.15) is 0 Å². The van der Waals surface area contributed by atoms with Crippen LogP contribution in [-0.4, -0.2) is 36.7 Å². The van der Waals surface area contributed by atoms with E-state index in [1.54, 1.807) is 19.9 Å². The summed E-state index contributed by atoms with van der Waals surface area (Å²) in [6, 6.07) is 15.8. The molecule has 268 valence electrons. The van der Waals surface area contributed by atoms with Gasteiger partial charge in [0.1, 0.15) is 24.0 Å². The number of allylic oxidation sites excluding steroid dienone is 3. The van der Waals surface area contributed by atoms with Crippen molar-refractivity contribution in [3.8, 4) is 22.5 Å². The minimum absolute atomic E-state index is 0.214. The molecule has 51 heavy (non-hydrogen) atoms. The number of nitrogens with one attached hydrogen (secondary N) is 2. The molecule has 0 saturated carbocycles. The van der Waals surface area contributed by atoms with Gasteiger partial charge in [-0.25, -0.2) is 9.79 Å². The fourth-order valence-electron chi connectivity index (χ4n) is 7.01. The summed E-state index contributed by atoms with van der Waals surface area (Å²) in [5, 5.41) is 5.30. The number of carbonyl (C=O) groups is 3. The van der Waals surface area contributed by atoms with Crippen LogP contribution in [-0.2, 0) is 14.3 Å². The largest absolute Gasteiger partial charge is 0.456 e. The van der Waals surface area contributed by atoms with E-state index in [4.69, 9.17) is 9.15 Å². The van der Waals surface area contributed by atoms with Crippen molar-refractivity contribution in [3.63, 3.8) is 0 Å². The molecule has 0 bridgehead atoms. The number of Topliss-reactive ketones (excluding diaryl/α,β-unsaturated/α-hetero) is 1. The van der Waals surface area contributed by atoms with Gasteiger partial charge in [0.2, 0.25) is 5.36 Å². The maximum Gasteiger partial charge on any atom is 0.339 e. The molecule has 0 radical (unpaired) electrons. The molecule has 2 N–H and O–H groups in total. The topological polar surface area (TPSA) is 99.6 Å². The predicted molar refractivity (Wildman–Crippen MR) is 205 cm³/mol. The number of rotatable bonds is 15. The zero-order valence-electron chi connectivity index (χ0n) is 31.4. The maximum absolute atomic E-state index is 14.4. The Labute approximate surface area is 302 Å². The van der Waals surface area contributed by atoms with Crippen LogP contribution in [0.25, 0.3) is 33.4 Å². The molecule has 0 fully saturated rings. The van der Waals surface area contributed by atoms with Crippen molar-refractivity contribution in [1.82, 2.24) is 0 Å². The molecule has 0 spiro atoms. The first kappa shape index (κ1) is 37.5. The monoisotopic (exact) mass is 689 g/mol. The van der Waals surface area contributed by atoms with E-state index in [1.807, 2.05) is 30.3 Å². The average Bonchev–Trinajstić information content (AvgIpc) is 3.11. The lowest BCUT2D eigenvalue weighted by molar-refractivity contribution is -0.496. The predicted octanol–water partition coefficient (Wildman–Crippen LogP) is 8.34. The van der Waals surface area contributed by atoms with E-state index >= 15 is 0 Å². The summed E-state index contributed by atoms with van der Waals surface area (Å²) in [4.78, 5) is 44.3. The van der Waals surface area contributed by atoms with Crippen molar-refractivity contribution in [2.45, 2.75) is 106 Å². The molecule has 7 heteroatoms. The molecular weight excluding hydrogens is 636 g/mol. The summed E-state index contributed by atoms with van der Waals surface area (Å²) < 4.78 is 12.9. The van der Waals surface area contributed by atoms with E-state index in [9.17, 15) is 14.4 Å². The Morgan fingerprint density at radius 3 is 2.29 bits per heavy atom. The van der Waals surface area contributed by atoms with Crippen LogP contribution in [0.4, 0.5) is 5.69 Å². The highest BCUT2D eigenvalue weighted by atomic mass is 16.5. The first-order valence-corrected chi connectivity index (χ1v) is 18.7. The maximum atomic E-state index is 14.4. The highest BCUT2D eigenvalue weighted by Gasteiger charge is 2.32. The van der Waals surface area contributed by atoms with Crippen LogP contribution in [0, 0.1) is 13.8 Å². The number of esters is 1. The zero-order valence-corrected chi connectivity index (χ0v) is 31.4. The van der Waals surface area contributed by atoms with Gasteiger partial charge >= 0.3 is 5.97 Å². The number of anilines is 1. The van der Waals surface area contributed by atoms with Gasteiger partial charge in [-0.05, 0) is 89.8 Å². The van der Waals surface area contributed by atoms with Crippen LogP contribution >= 0.6 is 0 Å². The number of ether oxygens (including phenoxy) is 1. The number of hydrogen-bond donors (Lipinski definition) is 2. The Balaban J connectivity index is 1.60. The lowest BCUT2D eigenvalue weighted by atomic mass is 9.86. The number of ketones is 2. The normalized spacial score (nSPS) is 14.4. The Morgan fingerprint density at radius 1 is 0.843 bits per heavy atom. The number of fused-ring (bicyclic) bond motifs is 2. The SMILES string of the molecule is CCCCCCCCCC(OC(=O)c1ccccc1-c1c2cc(C)c(=[NH+]CC)cc-2oc2cc(NCC)c(C)cc12)C1=CC(=O)C(C)=C(C)C1=O. The molecule has 1 unspecified atom stereocenters. The molecule has 7 nitrogen and oxygen atoms in total. The molecule has 0 saturated heterocycles. The minimum atomic E-state index is -0.838. The van der Waals surface area contributed by atoms with Crippen molar-refractivity contribution >= 4 is 34.2 Å². The molecule has 5 rings (SSSR count). The molecule has 2 aromatic carbocycles. The lowest BCUT2D eigenvalue weighted by Gasteiger charge is -2.24. The van der Waals surface area contributed by atoms with E-state index in [0.29, 0.717) is 40.0 Å². The van der Waals surface area contributed by atoms with E-state index in [1.165, 1.54) is 25.3 Å². The summed E-state index contributed by atoms with van der Waals surface area (Å²) in [6.45, 7) is 15.3. The second-order valence-electron chi connectivity index (χ2n) is 13.8. The van der Waals surface area contributed by atoms with Crippen LogP contribution < -0.4 is 15.7 Å². The van der Waals surface area contributed by atoms with Crippen LogP contribution in [0.2, 0.25) is 0 Å². The zero-order chi connectivity index (χ0) is 36.7. The van der Waals surface area contributed by atoms with E-state index in [0.717, 1.165) is 77.5 Å². The summed E-state index contributed by atoms with van der Waals surface area (Å²) in [6.07, 6.45) is 8.60. The molecule has 0 aromatic heterocycles. The molecule has 1 heterocycles. The highest BCUT2D eigenvalue weighted by Crippen LogP contribution is 2.43. The third-order valence-electron chi connectivity index (χ3n) is 10.1. The quantitative estimate of drug-likeness (QED) is 0.0564. The van der Waals surface area contributed by atoms with Crippen LogP contribution in [0.1, 0.15) is 107 Å². The number of unbranched alkanes of at least 4 members (excludes halogenated alkanes) is 6. The Morgan fingerprint density at radius 2 is 1.57 bits per heavy atom. The van der Waals surface area contributed by atoms with Crippen molar-refractivity contribution in [1.29, 1.82) is 0 Å². The van der Waals surface area contributed by atoms with Gasteiger partial charge in [0.25, 0.3) is 0 Å². The Bertz CT molecular complexity index is 2050. The molecule has 1 atom stereocenters. The second-order valence-corrected chi connectivity index (χ2v) is 13.8. The number of carbonyl (C=O) groups excluding carboxylic acids is 3. The van der Waals surface area contributed by atoms with Gasteiger partial charge in [0, 0.05) is 57.1 Å². The fourth-order valence-corrected chi connectivity index (χ4v) is 7.01. The summed E-state index contributed by atoms with van der Waals surface area (Å²) in [7, 11) is 0. The van der Waals surface area contributed by atoms with E-state index < -0.39 is 12.1 Å². The molecule has 2 aromatic rings. The van der Waals surface area contributed by atoms with Gasteiger partial charge in [-0.15, -0.1) is 0 Å². The van der Waals surface area contributed by atoms with Gasteiger partial charge in [-0.3, -0.25) is 9.59 Å². The molecule has 1 aliphatic heterocycles. The number of aryl methyl sites for hydroxylation is 2. The van der Waals surface area contributed by atoms with E-state index in [-0.39, 0.29) is 17.1 Å². The smallest absolute Gasteiger partial charge is 0.339 e. The van der Waals surface area contributed by atoms with Crippen molar-refractivity contribution in [2.75, 3.05) is 18.4 Å². The molecule has 0 amide bonds. The van der Waals surface area contributed by atoms with Crippen LogP contribution in [0.3, 0.4) is 0 Å². The van der Waals surface area contributed by atoms with Gasteiger partial charge in [-0.1, -0.05) is 63.6 Å². The molecule has 3 aliphatic rings. The second kappa shape index (κ2) is 17.0. The van der Waals surface area contributed by atoms with E-state index in [2.05, 4.69) is 57.1 Å². The number of benzene rings is 3. The third-order valence-corrected chi connectivity index (χ3v) is 10.1. The standard InChI is InChI=1S/C44H52N2O5/c1-8-11-12-13-14-15-16-21-39(35-24-38(47)29(6)30(7)43(35)48)51-44(49)32-20-18-17-19-31(32)42-33-22-27(4)36(45-9-2)25-40(33)50-41-26-37(46-10-3)28(5)23-34(41)42/h17-20,22-26,39,45H,8-16,21H2,1-7H3/p+1.